The molecule has 0 heterocycles. The molecule has 0 saturated carbocycles. The van der Waals surface area contributed by atoms with E-state index >= 15 is 0 Å². The maximum atomic E-state index is 9.00. The molecule has 0 spiro atoms. The maximum Gasteiger partial charge on any atom is 0.300 e. The van der Waals surface area contributed by atoms with Gasteiger partial charge in [-0.25, -0.2) is 0 Å². The van der Waals surface area contributed by atoms with Crippen LogP contribution in [-0.4, -0.2) is 22.0 Å². The van der Waals surface area contributed by atoms with Crippen LogP contribution >= 0.6 is 0 Å². The summed E-state index contributed by atoms with van der Waals surface area (Å²) in [5.41, 5.74) is 2.37. The molecule has 0 radical (unpaired) electrons. The van der Waals surface area contributed by atoms with E-state index in [1.165, 1.54) is 5.57 Å². The van der Waals surface area contributed by atoms with Crippen molar-refractivity contribution in [2.24, 2.45) is 10.6 Å². The minimum Gasteiger partial charge on any atom is -0.481 e. The Balaban J connectivity index is 0.000000423. The summed E-state index contributed by atoms with van der Waals surface area (Å²) >= 11 is 0. The zero-order chi connectivity index (χ0) is 12.1. The summed E-state index contributed by atoms with van der Waals surface area (Å²) < 4.78 is 0. The number of nitrogens with zero attached hydrogens (tertiary/aromatic N) is 1. The standard InChI is InChI=1S/C9H15NO.C2H4O2/c1-7-4-8(10-11)6-9(2,3)5-7;1-2(3)4/h4,11H,5-6H2,1-3H3;1H3,(H,3,4). The molecule has 1 rings (SSSR count). The molecule has 0 saturated heterocycles. The van der Waals surface area contributed by atoms with Crippen LogP contribution in [-0.2, 0) is 4.79 Å². The fourth-order valence-corrected chi connectivity index (χ4v) is 1.76. The van der Waals surface area contributed by atoms with Crippen LogP contribution < -0.4 is 0 Å². The highest BCUT2D eigenvalue weighted by atomic mass is 16.4. The van der Waals surface area contributed by atoms with Crippen LogP contribution in [0.1, 0.15) is 40.5 Å². The fraction of sp³-hybridized carbons (Fsp3) is 0.636. The molecule has 0 aromatic rings. The molecule has 0 bridgehead atoms. The molecule has 86 valence electrons. The lowest BCUT2D eigenvalue weighted by Gasteiger charge is -2.28. The van der Waals surface area contributed by atoms with Crippen LogP contribution in [0.5, 0.6) is 0 Å². The van der Waals surface area contributed by atoms with Gasteiger partial charge in [0.2, 0.25) is 0 Å². The van der Waals surface area contributed by atoms with Gasteiger partial charge < -0.3 is 10.3 Å². The van der Waals surface area contributed by atoms with Gasteiger partial charge in [0.1, 0.15) is 0 Å². The summed E-state index contributed by atoms with van der Waals surface area (Å²) in [5, 5.41) is 19.2. The van der Waals surface area contributed by atoms with E-state index in [0.717, 1.165) is 25.5 Å². The molecule has 0 fully saturated rings. The summed E-state index contributed by atoms with van der Waals surface area (Å²) in [6.07, 6.45) is 3.94. The first-order chi connectivity index (χ1) is 6.76. The molecule has 0 unspecified atom stereocenters. The first kappa shape index (κ1) is 13.7. The Morgan fingerprint density at radius 2 is 1.93 bits per heavy atom. The van der Waals surface area contributed by atoms with Crippen molar-refractivity contribution in [3.8, 4) is 0 Å². The Morgan fingerprint density at radius 3 is 2.27 bits per heavy atom. The molecule has 15 heavy (non-hydrogen) atoms. The number of hydrogen-bond acceptors (Lipinski definition) is 3. The zero-order valence-electron chi connectivity index (χ0n) is 9.74. The Kier molecular flexibility index (Phi) is 5.05. The lowest BCUT2D eigenvalue weighted by molar-refractivity contribution is -0.134. The molecule has 1 aliphatic rings. The van der Waals surface area contributed by atoms with Gasteiger partial charge in [0.15, 0.2) is 0 Å². The summed E-state index contributed by atoms with van der Waals surface area (Å²) in [6, 6.07) is 0. The number of hydrogen-bond donors (Lipinski definition) is 2. The molecule has 0 aromatic carbocycles. The normalized spacial score (nSPS) is 21.3. The fourth-order valence-electron chi connectivity index (χ4n) is 1.76. The summed E-state index contributed by atoms with van der Waals surface area (Å²) in [6.45, 7) is 7.54. The molecule has 0 atom stereocenters. The second-order valence-electron chi connectivity index (χ2n) is 4.62. The first-order valence-corrected chi connectivity index (χ1v) is 4.84. The van der Waals surface area contributed by atoms with E-state index in [1.807, 2.05) is 6.08 Å². The third-order valence-corrected chi connectivity index (χ3v) is 1.96. The van der Waals surface area contributed by atoms with Crippen molar-refractivity contribution in [1.29, 1.82) is 0 Å². The van der Waals surface area contributed by atoms with Crippen LogP contribution in [0.3, 0.4) is 0 Å². The molecule has 0 aromatic heterocycles. The molecule has 1 aliphatic carbocycles. The predicted octanol–water partition coefficient (Wildman–Crippen LogP) is 2.67. The Hall–Kier alpha value is -1.32. The van der Waals surface area contributed by atoms with Crippen molar-refractivity contribution in [2.45, 2.75) is 40.5 Å². The number of oxime groups is 1. The van der Waals surface area contributed by atoms with Crippen molar-refractivity contribution in [3.05, 3.63) is 11.6 Å². The second-order valence-corrected chi connectivity index (χ2v) is 4.62. The van der Waals surface area contributed by atoms with Crippen LogP contribution in [0.25, 0.3) is 0 Å². The van der Waals surface area contributed by atoms with Crippen LogP contribution in [0, 0.1) is 5.41 Å². The number of aliphatic carboxylic acids is 1. The van der Waals surface area contributed by atoms with Gasteiger partial charge in [0, 0.05) is 6.92 Å². The SMILES string of the molecule is CC(=O)O.CC1=CC(=NO)CC(C)(C)C1. The number of allylic oxidation sites excluding steroid dienone is 2. The predicted molar refractivity (Wildman–Crippen MR) is 59.3 cm³/mol. The Labute approximate surface area is 90.3 Å². The smallest absolute Gasteiger partial charge is 0.300 e. The monoisotopic (exact) mass is 213 g/mol. The zero-order valence-corrected chi connectivity index (χ0v) is 9.74. The van der Waals surface area contributed by atoms with Gasteiger partial charge in [-0.05, 0) is 31.3 Å². The number of rotatable bonds is 0. The average Bonchev–Trinajstić information content (AvgIpc) is 1.99. The Bertz CT molecular complexity index is 286. The van der Waals surface area contributed by atoms with E-state index in [0.29, 0.717) is 0 Å². The number of carbonyl (C=O) groups is 1. The maximum absolute atomic E-state index is 9.00. The van der Waals surface area contributed by atoms with Crippen molar-refractivity contribution < 1.29 is 15.1 Å². The first-order valence-electron chi connectivity index (χ1n) is 4.84. The number of carboxylic acid groups (broad SMARTS) is 1. The van der Waals surface area contributed by atoms with E-state index in [-0.39, 0.29) is 5.41 Å². The Morgan fingerprint density at radius 1 is 1.47 bits per heavy atom. The minimum absolute atomic E-state index is 0.264. The van der Waals surface area contributed by atoms with Crippen molar-refractivity contribution in [2.75, 3.05) is 0 Å². The largest absolute Gasteiger partial charge is 0.481 e. The molecule has 0 amide bonds. The molecule has 4 heteroatoms. The quantitative estimate of drug-likeness (QED) is 0.480. The third-order valence-electron chi connectivity index (χ3n) is 1.96. The van der Waals surface area contributed by atoms with Crippen molar-refractivity contribution >= 4 is 11.7 Å². The van der Waals surface area contributed by atoms with Crippen LogP contribution in [0.2, 0.25) is 0 Å². The highest BCUT2D eigenvalue weighted by Gasteiger charge is 2.24. The van der Waals surface area contributed by atoms with Gasteiger partial charge in [0.05, 0.1) is 5.71 Å². The molecular weight excluding hydrogens is 194 g/mol. The van der Waals surface area contributed by atoms with E-state index in [2.05, 4.69) is 25.9 Å². The van der Waals surface area contributed by atoms with E-state index < -0.39 is 5.97 Å². The van der Waals surface area contributed by atoms with E-state index in [4.69, 9.17) is 15.1 Å². The van der Waals surface area contributed by atoms with Crippen molar-refractivity contribution in [3.63, 3.8) is 0 Å². The average molecular weight is 213 g/mol. The molecule has 2 N–H and O–H groups in total. The highest BCUT2D eigenvalue weighted by molar-refractivity contribution is 5.96. The van der Waals surface area contributed by atoms with Gasteiger partial charge in [-0.2, -0.15) is 0 Å². The van der Waals surface area contributed by atoms with Crippen molar-refractivity contribution in [1.82, 2.24) is 0 Å². The molecule has 0 aliphatic heterocycles. The lowest BCUT2D eigenvalue weighted by Crippen LogP contribution is -2.21. The summed E-state index contributed by atoms with van der Waals surface area (Å²) in [7, 11) is 0. The lowest BCUT2D eigenvalue weighted by atomic mass is 9.77. The minimum atomic E-state index is -0.833. The van der Waals surface area contributed by atoms with E-state index in [1.54, 1.807) is 0 Å². The van der Waals surface area contributed by atoms with E-state index in [9.17, 15) is 0 Å². The molecule has 4 nitrogen and oxygen atoms in total. The van der Waals surface area contributed by atoms with Gasteiger partial charge in [0.25, 0.3) is 5.97 Å². The highest BCUT2D eigenvalue weighted by Crippen LogP contribution is 2.33. The molecular formula is C11H19NO3. The van der Waals surface area contributed by atoms with Gasteiger partial charge in [-0.1, -0.05) is 24.6 Å². The van der Waals surface area contributed by atoms with Gasteiger partial charge >= 0.3 is 0 Å². The topological polar surface area (TPSA) is 69.9 Å². The third kappa shape index (κ3) is 6.71. The summed E-state index contributed by atoms with van der Waals surface area (Å²) in [5.74, 6) is -0.833. The van der Waals surface area contributed by atoms with Gasteiger partial charge in [-0.3, -0.25) is 4.79 Å². The van der Waals surface area contributed by atoms with Crippen LogP contribution in [0.15, 0.2) is 16.8 Å². The number of carboxylic acids is 1. The second kappa shape index (κ2) is 5.53. The van der Waals surface area contributed by atoms with Gasteiger partial charge in [-0.15, -0.1) is 0 Å². The summed E-state index contributed by atoms with van der Waals surface area (Å²) in [4.78, 5) is 9.00. The van der Waals surface area contributed by atoms with Crippen LogP contribution in [0.4, 0.5) is 0 Å².